The molecule has 2 heterocycles. The molecule has 0 radical (unpaired) electrons. The fraction of sp³-hybridized carbons (Fsp3) is 0.300. The van der Waals surface area contributed by atoms with Gasteiger partial charge in [0.1, 0.15) is 6.17 Å². The van der Waals surface area contributed by atoms with E-state index in [-0.39, 0.29) is 18.2 Å². The smallest absolute Gasteiger partial charge is 0.257 e. The van der Waals surface area contributed by atoms with Crippen molar-refractivity contribution in [2.75, 3.05) is 18.5 Å². The molecule has 0 unspecified atom stereocenters. The molecule has 0 saturated carbocycles. The minimum absolute atomic E-state index is 0.0132. The number of nitriles is 1. The van der Waals surface area contributed by atoms with Crippen LogP contribution in [-0.2, 0) is 4.74 Å². The molecule has 0 bridgehead atoms. The number of benzene rings is 2. The third-order valence-corrected chi connectivity index (χ3v) is 4.80. The molecule has 2 aromatic rings. The molecule has 1 fully saturated rings. The molecule has 0 aliphatic carbocycles. The summed E-state index contributed by atoms with van der Waals surface area (Å²) in [5.74, 6) is 0.0132. The van der Waals surface area contributed by atoms with E-state index in [2.05, 4.69) is 11.4 Å². The summed E-state index contributed by atoms with van der Waals surface area (Å²) in [5.41, 5.74) is 3.09. The number of fused-ring (bicyclic) bond motifs is 1. The molecule has 4 rings (SSSR count). The van der Waals surface area contributed by atoms with Crippen LogP contribution in [0.15, 0.2) is 48.5 Å². The monoisotopic (exact) mass is 333 g/mol. The van der Waals surface area contributed by atoms with Gasteiger partial charge in [0.05, 0.1) is 23.3 Å². The lowest BCUT2D eigenvalue weighted by molar-refractivity contribution is 0.0427. The molecule has 25 heavy (non-hydrogen) atoms. The number of carbonyl (C=O) groups excluding carboxylic acids is 1. The van der Waals surface area contributed by atoms with Crippen molar-refractivity contribution < 1.29 is 9.53 Å². The van der Waals surface area contributed by atoms with Crippen LogP contribution in [-0.4, -0.2) is 30.1 Å². The van der Waals surface area contributed by atoms with Gasteiger partial charge in [0.25, 0.3) is 5.91 Å². The maximum atomic E-state index is 13.1. The molecular weight excluding hydrogens is 314 g/mol. The Morgan fingerprint density at radius 3 is 2.72 bits per heavy atom. The molecule has 5 nitrogen and oxygen atoms in total. The molecule has 2 aromatic carbocycles. The third kappa shape index (κ3) is 2.97. The molecule has 5 heteroatoms. The lowest BCUT2D eigenvalue weighted by atomic mass is 10.0. The molecule has 126 valence electrons. The van der Waals surface area contributed by atoms with Gasteiger partial charge >= 0.3 is 0 Å². The molecule has 2 aliphatic heterocycles. The van der Waals surface area contributed by atoms with Gasteiger partial charge in [-0.3, -0.25) is 4.79 Å². The van der Waals surface area contributed by atoms with Crippen LogP contribution in [0.25, 0.3) is 0 Å². The second kappa shape index (κ2) is 6.58. The number of hydrogen-bond acceptors (Lipinski definition) is 4. The zero-order valence-electron chi connectivity index (χ0n) is 13.8. The van der Waals surface area contributed by atoms with Gasteiger partial charge in [0.15, 0.2) is 0 Å². The summed E-state index contributed by atoms with van der Waals surface area (Å²) in [7, 11) is 0. The standard InChI is InChI=1S/C20H19N3O2/c21-12-14-7-9-15(10-8-14)19-22-18-6-2-1-5-17(18)20(24)23(19)13-16-4-3-11-25-16/h1-2,5-10,16,19,22H,3-4,11,13H2/t16-,19-/m0/s1. The van der Waals surface area contributed by atoms with E-state index in [4.69, 9.17) is 10.00 Å². The van der Waals surface area contributed by atoms with Crippen LogP contribution >= 0.6 is 0 Å². The zero-order valence-corrected chi connectivity index (χ0v) is 13.8. The maximum Gasteiger partial charge on any atom is 0.257 e. The van der Waals surface area contributed by atoms with Crippen LogP contribution in [0.5, 0.6) is 0 Å². The molecule has 1 amide bonds. The van der Waals surface area contributed by atoms with Crippen LogP contribution in [0.2, 0.25) is 0 Å². The minimum atomic E-state index is -0.264. The summed E-state index contributed by atoms with van der Waals surface area (Å²) in [6.45, 7) is 1.32. The Labute approximate surface area is 146 Å². The molecule has 1 saturated heterocycles. The summed E-state index contributed by atoms with van der Waals surface area (Å²) >= 11 is 0. The zero-order chi connectivity index (χ0) is 17.2. The van der Waals surface area contributed by atoms with Crippen molar-refractivity contribution in [2.45, 2.75) is 25.1 Å². The lowest BCUT2D eigenvalue weighted by Gasteiger charge is -2.39. The number of anilines is 1. The number of amides is 1. The van der Waals surface area contributed by atoms with Crippen LogP contribution in [0.1, 0.15) is 40.5 Å². The molecule has 0 aromatic heterocycles. The highest BCUT2D eigenvalue weighted by Crippen LogP contribution is 2.34. The van der Waals surface area contributed by atoms with E-state index >= 15 is 0 Å². The average Bonchev–Trinajstić information content (AvgIpc) is 3.17. The van der Waals surface area contributed by atoms with Crippen molar-refractivity contribution in [3.8, 4) is 6.07 Å². The summed E-state index contributed by atoms with van der Waals surface area (Å²) in [6, 6.07) is 17.1. The first-order valence-corrected chi connectivity index (χ1v) is 8.54. The molecule has 2 atom stereocenters. The number of rotatable bonds is 3. The summed E-state index contributed by atoms with van der Waals surface area (Å²) in [6.07, 6.45) is 1.83. The van der Waals surface area contributed by atoms with Gasteiger partial charge in [0.2, 0.25) is 0 Å². The highest BCUT2D eigenvalue weighted by molar-refractivity contribution is 6.01. The molecule has 2 aliphatic rings. The SMILES string of the molecule is N#Cc1ccc([C@H]2Nc3ccccc3C(=O)N2C[C@@H]2CCCO2)cc1. The van der Waals surface area contributed by atoms with E-state index < -0.39 is 0 Å². The summed E-state index contributed by atoms with van der Waals surface area (Å²) in [5, 5.41) is 12.5. The van der Waals surface area contributed by atoms with Gasteiger partial charge in [-0.15, -0.1) is 0 Å². The van der Waals surface area contributed by atoms with Gasteiger partial charge < -0.3 is 15.0 Å². The normalized spacial score (nSPS) is 22.2. The van der Waals surface area contributed by atoms with Crippen LogP contribution < -0.4 is 5.32 Å². The van der Waals surface area contributed by atoms with Crippen LogP contribution in [0, 0.1) is 11.3 Å². The Kier molecular flexibility index (Phi) is 4.12. The first kappa shape index (κ1) is 15.7. The van der Waals surface area contributed by atoms with Crippen molar-refractivity contribution in [3.63, 3.8) is 0 Å². The Morgan fingerprint density at radius 1 is 1.20 bits per heavy atom. The third-order valence-electron chi connectivity index (χ3n) is 4.80. The van der Waals surface area contributed by atoms with Crippen molar-refractivity contribution in [2.24, 2.45) is 0 Å². The average molecular weight is 333 g/mol. The first-order chi connectivity index (χ1) is 12.3. The second-order valence-corrected chi connectivity index (χ2v) is 6.42. The van der Waals surface area contributed by atoms with Crippen molar-refractivity contribution in [1.82, 2.24) is 4.90 Å². The van der Waals surface area contributed by atoms with Crippen LogP contribution in [0.3, 0.4) is 0 Å². The Balaban J connectivity index is 1.70. The largest absolute Gasteiger partial charge is 0.376 e. The van der Waals surface area contributed by atoms with Gasteiger partial charge in [-0.1, -0.05) is 24.3 Å². The van der Waals surface area contributed by atoms with E-state index in [1.54, 1.807) is 12.1 Å². The minimum Gasteiger partial charge on any atom is -0.376 e. The number of hydrogen-bond donors (Lipinski definition) is 1. The highest BCUT2D eigenvalue weighted by Gasteiger charge is 2.35. The number of para-hydroxylation sites is 1. The first-order valence-electron chi connectivity index (χ1n) is 8.54. The fourth-order valence-electron chi connectivity index (χ4n) is 3.49. The Morgan fingerprint density at radius 2 is 2.00 bits per heavy atom. The van der Waals surface area contributed by atoms with E-state index in [0.717, 1.165) is 30.7 Å². The van der Waals surface area contributed by atoms with Gasteiger partial charge in [-0.25, -0.2) is 0 Å². The maximum absolute atomic E-state index is 13.1. The second-order valence-electron chi connectivity index (χ2n) is 6.42. The van der Waals surface area contributed by atoms with Gasteiger partial charge in [-0.2, -0.15) is 5.26 Å². The molecular formula is C20H19N3O2. The number of ether oxygens (including phenoxy) is 1. The number of nitrogens with zero attached hydrogens (tertiary/aromatic N) is 2. The predicted octanol–water partition coefficient (Wildman–Crippen LogP) is 3.30. The fourth-order valence-corrected chi connectivity index (χ4v) is 3.49. The van der Waals surface area contributed by atoms with Crippen molar-refractivity contribution >= 4 is 11.6 Å². The molecule has 0 spiro atoms. The highest BCUT2D eigenvalue weighted by atomic mass is 16.5. The quantitative estimate of drug-likeness (QED) is 0.936. The van der Waals surface area contributed by atoms with Crippen molar-refractivity contribution in [1.29, 1.82) is 5.26 Å². The van der Waals surface area contributed by atoms with E-state index in [1.807, 2.05) is 41.3 Å². The van der Waals surface area contributed by atoms with Gasteiger partial charge in [-0.05, 0) is 42.7 Å². The molecule has 1 N–H and O–H groups in total. The number of nitrogens with one attached hydrogen (secondary N) is 1. The van der Waals surface area contributed by atoms with E-state index in [1.165, 1.54) is 0 Å². The predicted molar refractivity (Wildman–Crippen MR) is 94.0 cm³/mol. The van der Waals surface area contributed by atoms with E-state index in [9.17, 15) is 4.79 Å². The number of carbonyl (C=O) groups is 1. The Hall–Kier alpha value is -2.84. The lowest BCUT2D eigenvalue weighted by Crippen LogP contribution is -2.46. The van der Waals surface area contributed by atoms with E-state index in [0.29, 0.717) is 17.7 Å². The van der Waals surface area contributed by atoms with Crippen molar-refractivity contribution in [3.05, 3.63) is 65.2 Å². The van der Waals surface area contributed by atoms with Gasteiger partial charge in [0, 0.05) is 18.8 Å². The Bertz CT molecular complexity index is 820. The topological polar surface area (TPSA) is 65.4 Å². The summed E-state index contributed by atoms with van der Waals surface area (Å²) < 4.78 is 5.75. The van der Waals surface area contributed by atoms with Crippen LogP contribution in [0.4, 0.5) is 5.69 Å². The summed E-state index contributed by atoms with van der Waals surface area (Å²) in [4.78, 5) is 14.9.